The molecule has 0 saturated carbocycles. The molecule has 0 atom stereocenters. The van der Waals surface area contributed by atoms with Crippen LogP contribution in [0.2, 0.25) is 10.2 Å². The predicted molar refractivity (Wildman–Crippen MR) is 79.7 cm³/mol. The Morgan fingerprint density at radius 2 is 1.90 bits per heavy atom. The van der Waals surface area contributed by atoms with E-state index in [1.165, 1.54) is 4.90 Å². The normalized spacial score (nSPS) is 10.4. The Morgan fingerprint density at radius 1 is 1.20 bits per heavy atom. The molecule has 1 aromatic carbocycles. The van der Waals surface area contributed by atoms with E-state index < -0.39 is 6.03 Å². The minimum atomic E-state index is -0.711. The second-order valence-corrected chi connectivity index (χ2v) is 5.06. The van der Waals surface area contributed by atoms with Gasteiger partial charge in [0.05, 0.1) is 5.69 Å². The molecule has 0 unspecified atom stereocenters. The summed E-state index contributed by atoms with van der Waals surface area (Å²) in [7, 11) is 0. The highest BCUT2D eigenvalue weighted by Crippen LogP contribution is 2.29. The van der Waals surface area contributed by atoms with Crippen molar-refractivity contribution in [2.45, 2.75) is 13.8 Å². The summed E-state index contributed by atoms with van der Waals surface area (Å²) in [5.41, 5.74) is 7.41. The lowest BCUT2D eigenvalue weighted by atomic mass is 10.2. The van der Waals surface area contributed by atoms with Crippen molar-refractivity contribution in [2.24, 2.45) is 5.73 Å². The molecule has 7 heteroatoms. The second kappa shape index (κ2) is 5.64. The fourth-order valence-corrected chi connectivity index (χ4v) is 2.16. The van der Waals surface area contributed by atoms with Crippen molar-refractivity contribution in [1.82, 2.24) is 9.97 Å². The number of aromatic nitrogens is 2. The van der Waals surface area contributed by atoms with Crippen molar-refractivity contribution < 1.29 is 4.79 Å². The zero-order valence-electron chi connectivity index (χ0n) is 10.9. The average molecular weight is 311 g/mol. The monoisotopic (exact) mass is 310 g/mol. The molecule has 1 heterocycles. The number of anilines is 2. The molecule has 2 amide bonds. The van der Waals surface area contributed by atoms with Crippen LogP contribution in [-0.4, -0.2) is 16.0 Å². The summed E-state index contributed by atoms with van der Waals surface area (Å²) in [5.74, 6) is 0.118. The van der Waals surface area contributed by atoms with E-state index >= 15 is 0 Å². The van der Waals surface area contributed by atoms with E-state index in [4.69, 9.17) is 28.9 Å². The number of nitrogens with zero attached hydrogens (tertiary/aromatic N) is 3. The first-order chi connectivity index (χ1) is 9.38. The molecule has 1 aromatic heterocycles. The van der Waals surface area contributed by atoms with Gasteiger partial charge in [0.15, 0.2) is 0 Å². The number of halogens is 2. The Balaban J connectivity index is 2.62. The van der Waals surface area contributed by atoms with Gasteiger partial charge < -0.3 is 5.73 Å². The average Bonchev–Trinajstić information content (AvgIpc) is 2.32. The van der Waals surface area contributed by atoms with E-state index in [0.717, 1.165) is 5.56 Å². The molecular weight excluding hydrogens is 299 g/mol. The maximum atomic E-state index is 11.8. The van der Waals surface area contributed by atoms with Crippen LogP contribution in [-0.2, 0) is 0 Å². The molecule has 0 fully saturated rings. The number of carbonyl (C=O) groups excluding carboxylic acids is 1. The molecule has 0 aliphatic heterocycles. The van der Waals surface area contributed by atoms with Gasteiger partial charge >= 0.3 is 6.03 Å². The Morgan fingerprint density at radius 3 is 2.50 bits per heavy atom. The first kappa shape index (κ1) is 14.6. The fraction of sp³-hybridized carbons (Fsp3) is 0.154. The second-order valence-electron chi connectivity index (χ2n) is 4.24. The van der Waals surface area contributed by atoms with Crippen molar-refractivity contribution in [3.8, 4) is 0 Å². The number of urea groups is 1. The smallest absolute Gasteiger partial charge is 0.326 e. The molecule has 0 saturated heterocycles. The van der Waals surface area contributed by atoms with Gasteiger partial charge in [-0.25, -0.2) is 19.7 Å². The first-order valence-corrected chi connectivity index (χ1v) is 6.51. The van der Waals surface area contributed by atoms with E-state index in [1.54, 1.807) is 31.2 Å². The third-order valence-corrected chi connectivity index (χ3v) is 3.07. The van der Waals surface area contributed by atoms with E-state index in [0.29, 0.717) is 16.4 Å². The maximum Gasteiger partial charge on any atom is 0.326 e. The number of primary amides is 1. The molecule has 0 bridgehead atoms. The Hall–Kier alpha value is -1.85. The van der Waals surface area contributed by atoms with Crippen LogP contribution in [0.4, 0.5) is 16.4 Å². The molecule has 2 N–H and O–H groups in total. The number of rotatable bonds is 2. The standard InChI is InChI=1S/C13H12Cl2N4O/c1-7-3-4-9(14)6-10(7)19(12(16)20)13-17-8(2)5-11(15)18-13/h3-6H,1-2H3,(H2,16,20). The van der Waals surface area contributed by atoms with E-state index in [9.17, 15) is 4.79 Å². The molecule has 2 aromatic rings. The molecule has 0 aliphatic carbocycles. The van der Waals surface area contributed by atoms with Gasteiger partial charge in [0.25, 0.3) is 0 Å². The molecule has 0 radical (unpaired) electrons. The van der Waals surface area contributed by atoms with Crippen molar-refractivity contribution in [3.63, 3.8) is 0 Å². The van der Waals surface area contributed by atoms with Crippen LogP contribution < -0.4 is 10.6 Å². The molecule has 2 rings (SSSR count). The van der Waals surface area contributed by atoms with Gasteiger partial charge in [-0.1, -0.05) is 29.3 Å². The number of benzene rings is 1. The highest BCUT2D eigenvalue weighted by atomic mass is 35.5. The van der Waals surface area contributed by atoms with Crippen LogP contribution in [0.3, 0.4) is 0 Å². The largest absolute Gasteiger partial charge is 0.351 e. The van der Waals surface area contributed by atoms with Gasteiger partial charge in [-0.2, -0.15) is 0 Å². The number of hydrogen-bond donors (Lipinski definition) is 1. The third-order valence-electron chi connectivity index (χ3n) is 2.64. The molecule has 104 valence electrons. The summed E-state index contributed by atoms with van der Waals surface area (Å²) < 4.78 is 0. The van der Waals surface area contributed by atoms with E-state index in [2.05, 4.69) is 9.97 Å². The van der Waals surface area contributed by atoms with Gasteiger partial charge in [0, 0.05) is 10.7 Å². The number of hydrogen-bond acceptors (Lipinski definition) is 3. The molecule has 20 heavy (non-hydrogen) atoms. The van der Waals surface area contributed by atoms with E-state index in [-0.39, 0.29) is 11.1 Å². The lowest BCUT2D eigenvalue weighted by molar-refractivity contribution is 0.256. The Kier molecular flexibility index (Phi) is 4.11. The zero-order chi connectivity index (χ0) is 14.9. The summed E-state index contributed by atoms with van der Waals surface area (Å²) in [6.07, 6.45) is 0. The van der Waals surface area contributed by atoms with Crippen LogP contribution in [0.15, 0.2) is 24.3 Å². The highest BCUT2D eigenvalue weighted by molar-refractivity contribution is 6.31. The molecular formula is C13H12Cl2N4O. The van der Waals surface area contributed by atoms with Crippen LogP contribution in [0.1, 0.15) is 11.3 Å². The molecule has 0 aliphatic rings. The fourth-order valence-electron chi connectivity index (χ4n) is 1.76. The van der Waals surface area contributed by atoms with Crippen molar-refractivity contribution in [1.29, 1.82) is 0 Å². The summed E-state index contributed by atoms with van der Waals surface area (Å²) >= 11 is 11.9. The van der Waals surface area contributed by atoms with Crippen LogP contribution in [0.25, 0.3) is 0 Å². The van der Waals surface area contributed by atoms with Crippen LogP contribution in [0.5, 0.6) is 0 Å². The zero-order valence-corrected chi connectivity index (χ0v) is 12.4. The topological polar surface area (TPSA) is 72.1 Å². The first-order valence-electron chi connectivity index (χ1n) is 5.75. The van der Waals surface area contributed by atoms with Crippen molar-refractivity contribution in [3.05, 3.63) is 45.7 Å². The van der Waals surface area contributed by atoms with Crippen molar-refractivity contribution in [2.75, 3.05) is 4.90 Å². The van der Waals surface area contributed by atoms with Gasteiger partial charge in [-0.15, -0.1) is 0 Å². The minimum Gasteiger partial charge on any atom is -0.351 e. The third kappa shape index (κ3) is 3.00. The maximum absolute atomic E-state index is 11.8. The summed E-state index contributed by atoms with van der Waals surface area (Å²) in [6, 6.07) is 6.02. The van der Waals surface area contributed by atoms with Gasteiger partial charge in [0.2, 0.25) is 5.95 Å². The SMILES string of the molecule is Cc1cc(Cl)nc(N(C(N)=O)c2cc(Cl)ccc2C)n1. The van der Waals surface area contributed by atoms with Crippen LogP contribution >= 0.6 is 23.2 Å². The van der Waals surface area contributed by atoms with Gasteiger partial charge in [-0.3, -0.25) is 0 Å². The molecule has 0 spiro atoms. The summed E-state index contributed by atoms with van der Waals surface area (Å²) in [6.45, 7) is 3.58. The van der Waals surface area contributed by atoms with Crippen molar-refractivity contribution >= 4 is 40.9 Å². The number of aryl methyl sites for hydroxylation is 2. The minimum absolute atomic E-state index is 0.118. The lowest BCUT2D eigenvalue weighted by Gasteiger charge is -2.21. The summed E-state index contributed by atoms with van der Waals surface area (Å²) in [5, 5.41) is 0.717. The quantitative estimate of drug-likeness (QED) is 0.861. The Bertz CT molecular complexity index is 655. The van der Waals surface area contributed by atoms with E-state index in [1.807, 2.05) is 6.92 Å². The van der Waals surface area contributed by atoms with Gasteiger partial charge in [0.1, 0.15) is 5.15 Å². The summed E-state index contributed by atoms with van der Waals surface area (Å²) in [4.78, 5) is 21.2. The number of amides is 2. The van der Waals surface area contributed by atoms with Crippen LogP contribution in [0, 0.1) is 13.8 Å². The number of carbonyl (C=O) groups is 1. The lowest BCUT2D eigenvalue weighted by Crippen LogP contribution is -2.33. The predicted octanol–water partition coefficient (Wildman–Crippen LogP) is 3.62. The molecule has 5 nitrogen and oxygen atoms in total. The Labute approximate surface area is 126 Å². The highest BCUT2D eigenvalue weighted by Gasteiger charge is 2.21. The van der Waals surface area contributed by atoms with Gasteiger partial charge in [-0.05, 0) is 37.6 Å². The number of nitrogens with two attached hydrogens (primary N) is 1.